The molecule has 0 aliphatic carbocycles. The molecular formula is C22H36O2P2. The Hall–Kier alpha value is -0.780. The largest absolute Gasteiger partial charge is 0.358 e. The molecule has 4 atom stereocenters. The Morgan fingerprint density at radius 1 is 0.692 bits per heavy atom. The van der Waals surface area contributed by atoms with Crippen molar-refractivity contribution in [3.05, 3.63) is 72.9 Å². The van der Waals surface area contributed by atoms with Crippen molar-refractivity contribution in [2.75, 3.05) is 0 Å². The lowest BCUT2D eigenvalue weighted by atomic mass is 10.2. The molecule has 0 spiro atoms. The van der Waals surface area contributed by atoms with Crippen LogP contribution in [0.1, 0.15) is 52.4 Å². The van der Waals surface area contributed by atoms with Crippen LogP contribution in [0.25, 0.3) is 0 Å². The van der Waals surface area contributed by atoms with E-state index in [-0.39, 0.29) is 12.2 Å². The number of allylic oxidation sites excluding steroid dienone is 8. The highest BCUT2D eigenvalue weighted by molar-refractivity contribution is 7.10. The molecule has 0 amide bonds. The van der Waals surface area contributed by atoms with Crippen molar-refractivity contribution in [1.29, 1.82) is 0 Å². The molecule has 0 aliphatic rings. The lowest BCUT2D eigenvalue weighted by Gasteiger charge is -2.06. The molecule has 0 heterocycles. The molecular weight excluding hydrogens is 358 g/mol. The zero-order valence-electron chi connectivity index (χ0n) is 16.3. The summed E-state index contributed by atoms with van der Waals surface area (Å²) in [5.41, 5.74) is 0. The van der Waals surface area contributed by atoms with Gasteiger partial charge in [-0.25, -0.2) is 0 Å². The quantitative estimate of drug-likeness (QED) is 0.168. The molecule has 0 bridgehead atoms. The SMILES string of the molecule is CC/C=C\CC(/C=C/C=CC=CC(C/C=C\C/C=C\CCC)OP)OP. The number of rotatable bonds is 15. The van der Waals surface area contributed by atoms with Gasteiger partial charge in [0, 0.05) is 18.9 Å². The fraction of sp³-hybridized carbons (Fsp3) is 0.455. The molecule has 0 aromatic heterocycles. The third-order valence-corrected chi connectivity index (χ3v) is 4.23. The van der Waals surface area contributed by atoms with E-state index in [1.165, 1.54) is 6.42 Å². The summed E-state index contributed by atoms with van der Waals surface area (Å²) in [4.78, 5) is 0. The fourth-order valence-electron chi connectivity index (χ4n) is 2.05. The molecule has 146 valence electrons. The second kappa shape index (κ2) is 20.5. The van der Waals surface area contributed by atoms with Gasteiger partial charge in [0.2, 0.25) is 0 Å². The van der Waals surface area contributed by atoms with E-state index in [1.54, 1.807) is 0 Å². The van der Waals surface area contributed by atoms with Gasteiger partial charge in [-0.05, 0) is 32.1 Å². The van der Waals surface area contributed by atoms with Crippen molar-refractivity contribution in [1.82, 2.24) is 0 Å². The van der Waals surface area contributed by atoms with Crippen molar-refractivity contribution in [2.24, 2.45) is 0 Å². The van der Waals surface area contributed by atoms with E-state index >= 15 is 0 Å². The first-order valence-electron chi connectivity index (χ1n) is 9.46. The molecule has 26 heavy (non-hydrogen) atoms. The molecule has 0 N–H and O–H groups in total. The van der Waals surface area contributed by atoms with Gasteiger partial charge in [-0.15, -0.1) is 0 Å². The first kappa shape index (κ1) is 25.2. The van der Waals surface area contributed by atoms with Gasteiger partial charge in [-0.3, -0.25) is 0 Å². The number of unbranched alkanes of at least 4 members (excludes halogenated alkanes) is 1. The Bertz CT molecular complexity index is 477. The summed E-state index contributed by atoms with van der Waals surface area (Å²) >= 11 is 0. The minimum Gasteiger partial charge on any atom is -0.358 e. The first-order valence-corrected chi connectivity index (χ1v) is 10.4. The Labute approximate surface area is 165 Å². The van der Waals surface area contributed by atoms with Crippen LogP contribution in [0.5, 0.6) is 0 Å². The number of hydrogen-bond donors (Lipinski definition) is 0. The Morgan fingerprint density at radius 3 is 1.73 bits per heavy atom. The highest BCUT2D eigenvalue weighted by atomic mass is 31.0. The van der Waals surface area contributed by atoms with Crippen LogP contribution in [0.2, 0.25) is 0 Å². The molecule has 4 heteroatoms. The molecule has 4 unspecified atom stereocenters. The van der Waals surface area contributed by atoms with E-state index in [9.17, 15) is 0 Å². The van der Waals surface area contributed by atoms with Gasteiger partial charge < -0.3 is 9.05 Å². The predicted molar refractivity (Wildman–Crippen MR) is 123 cm³/mol. The minimum atomic E-state index is 0.0757. The van der Waals surface area contributed by atoms with E-state index < -0.39 is 0 Å². The fourth-order valence-corrected chi connectivity index (χ4v) is 2.45. The van der Waals surface area contributed by atoms with Gasteiger partial charge in [0.05, 0.1) is 12.2 Å². The second-order valence-electron chi connectivity index (χ2n) is 5.82. The Kier molecular flexibility index (Phi) is 19.9. The van der Waals surface area contributed by atoms with Crippen molar-refractivity contribution in [3.8, 4) is 0 Å². The van der Waals surface area contributed by atoms with Crippen LogP contribution < -0.4 is 0 Å². The van der Waals surface area contributed by atoms with Crippen LogP contribution in [0, 0.1) is 0 Å². The van der Waals surface area contributed by atoms with E-state index in [0.717, 1.165) is 32.1 Å². The van der Waals surface area contributed by atoms with Crippen LogP contribution in [0.3, 0.4) is 0 Å². The summed E-state index contributed by atoms with van der Waals surface area (Å²) in [6.45, 7) is 4.32. The molecule has 0 fully saturated rings. The minimum absolute atomic E-state index is 0.0757. The van der Waals surface area contributed by atoms with Crippen molar-refractivity contribution in [3.63, 3.8) is 0 Å². The Balaban J connectivity index is 4.16. The van der Waals surface area contributed by atoms with Gasteiger partial charge in [0.1, 0.15) is 0 Å². The molecule has 0 aromatic carbocycles. The summed E-state index contributed by atoms with van der Waals surface area (Å²) in [6, 6.07) is 0. The van der Waals surface area contributed by atoms with Gasteiger partial charge in [0.25, 0.3) is 0 Å². The molecule has 0 rings (SSSR count). The third kappa shape index (κ3) is 16.7. The molecule has 0 radical (unpaired) electrons. The Morgan fingerprint density at radius 2 is 1.23 bits per heavy atom. The smallest absolute Gasteiger partial charge is 0.0828 e. The van der Waals surface area contributed by atoms with Gasteiger partial charge in [-0.2, -0.15) is 0 Å². The summed E-state index contributed by atoms with van der Waals surface area (Å²) < 4.78 is 10.7. The maximum Gasteiger partial charge on any atom is 0.0828 e. The monoisotopic (exact) mass is 394 g/mol. The zero-order chi connectivity index (χ0) is 19.3. The molecule has 0 saturated carbocycles. The molecule has 2 nitrogen and oxygen atoms in total. The average Bonchev–Trinajstić information content (AvgIpc) is 2.66. The predicted octanol–water partition coefficient (Wildman–Crippen LogP) is 7.05. The van der Waals surface area contributed by atoms with E-state index in [1.807, 2.05) is 24.3 Å². The van der Waals surface area contributed by atoms with E-state index in [2.05, 4.69) is 81.4 Å². The molecule has 0 aliphatic heterocycles. The highest BCUT2D eigenvalue weighted by Crippen LogP contribution is 2.08. The lowest BCUT2D eigenvalue weighted by molar-refractivity contribution is 0.298. The van der Waals surface area contributed by atoms with Crippen molar-refractivity contribution >= 4 is 18.9 Å². The van der Waals surface area contributed by atoms with Crippen LogP contribution in [-0.4, -0.2) is 12.2 Å². The highest BCUT2D eigenvalue weighted by Gasteiger charge is 1.98. The zero-order valence-corrected chi connectivity index (χ0v) is 18.6. The average molecular weight is 394 g/mol. The van der Waals surface area contributed by atoms with E-state index in [4.69, 9.17) is 9.05 Å². The van der Waals surface area contributed by atoms with Crippen LogP contribution >= 0.6 is 18.9 Å². The standard InChI is InChI=1S/C22H36O2P2/c1-3-5-7-8-9-10-14-18-22(24-26)20-16-12-11-15-19-21(23-25)17-13-6-4-2/h6-8,10-16,19-22H,3-5,9,17-18,25-26H2,1-2H3/b8-7-,12-11?,13-6-,14-10-,19-15+,20-16?. The molecule has 0 saturated heterocycles. The second-order valence-corrected chi connectivity index (χ2v) is 6.37. The number of hydrogen-bond acceptors (Lipinski definition) is 2. The summed E-state index contributed by atoms with van der Waals surface area (Å²) in [7, 11) is 4.68. The maximum atomic E-state index is 5.39. The van der Waals surface area contributed by atoms with Crippen LogP contribution in [0.15, 0.2) is 72.9 Å². The van der Waals surface area contributed by atoms with Crippen LogP contribution in [0.4, 0.5) is 0 Å². The topological polar surface area (TPSA) is 18.5 Å². The molecule has 0 aromatic rings. The van der Waals surface area contributed by atoms with Crippen molar-refractivity contribution < 1.29 is 9.05 Å². The first-order chi connectivity index (χ1) is 12.8. The van der Waals surface area contributed by atoms with E-state index in [0.29, 0.717) is 0 Å². The van der Waals surface area contributed by atoms with Crippen molar-refractivity contribution in [2.45, 2.75) is 64.6 Å². The third-order valence-electron chi connectivity index (χ3n) is 3.53. The summed E-state index contributed by atoms with van der Waals surface area (Å²) in [5, 5.41) is 0. The summed E-state index contributed by atoms with van der Waals surface area (Å²) in [5.74, 6) is 0. The van der Waals surface area contributed by atoms with Crippen LogP contribution in [-0.2, 0) is 9.05 Å². The lowest BCUT2D eigenvalue weighted by Crippen LogP contribution is -2.00. The normalized spacial score (nSPS) is 15.7. The maximum absolute atomic E-state index is 5.39. The van der Waals surface area contributed by atoms with Gasteiger partial charge >= 0.3 is 0 Å². The summed E-state index contributed by atoms with van der Waals surface area (Å²) in [6.07, 6.45) is 31.6. The van der Waals surface area contributed by atoms with Gasteiger partial charge in [0.15, 0.2) is 0 Å². The van der Waals surface area contributed by atoms with Gasteiger partial charge in [-0.1, -0.05) is 93.2 Å².